The van der Waals surface area contributed by atoms with E-state index in [9.17, 15) is 0 Å². The topological polar surface area (TPSA) is 13.6 Å². The van der Waals surface area contributed by atoms with Gasteiger partial charge in [-0.25, -0.2) is 4.85 Å². The first kappa shape index (κ1) is 9.60. The van der Waals surface area contributed by atoms with Crippen molar-refractivity contribution in [3.05, 3.63) is 35.7 Å². The van der Waals surface area contributed by atoms with Gasteiger partial charge in [0.05, 0.1) is 13.2 Å². The van der Waals surface area contributed by atoms with E-state index in [0.29, 0.717) is 5.69 Å². The van der Waals surface area contributed by atoms with E-state index in [1.54, 1.807) is 12.1 Å². The van der Waals surface area contributed by atoms with Crippen LogP contribution >= 0.6 is 0 Å². The van der Waals surface area contributed by atoms with E-state index in [4.69, 9.17) is 11.3 Å². The molecule has 2 nitrogen and oxygen atoms in total. The monoisotopic (exact) mass is 175 g/mol. The number of nitrogens with zero attached hydrogens (tertiary/aromatic N) is 1. The maximum absolute atomic E-state index is 6.77. The fourth-order valence-electron chi connectivity index (χ4n) is 0.951. The van der Waals surface area contributed by atoms with Crippen LogP contribution in [0.1, 0.15) is 19.8 Å². The van der Waals surface area contributed by atoms with Crippen LogP contribution in [0.2, 0.25) is 0 Å². The summed E-state index contributed by atoms with van der Waals surface area (Å²) in [6.45, 7) is 9.65. The zero-order valence-corrected chi connectivity index (χ0v) is 7.79. The van der Waals surface area contributed by atoms with Crippen molar-refractivity contribution in [2.24, 2.45) is 0 Å². The van der Waals surface area contributed by atoms with Crippen LogP contribution < -0.4 is 4.74 Å². The number of hydrogen-bond acceptors (Lipinski definition) is 1. The summed E-state index contributed by atoms with van der Waals surface area (Å²) in [5.41, 5.74) is 0.655. The van der Waals surface area contributed by atoms with Gasteiger partial charge in [-0.2, -0.15) is 0 Å². The van der Waals surface area contributed by atoms with Crippen LogP contribution in [0.15, 0.2) is 24.3 Å². The molecular weight excluding hydrogens is 162 g/mol. The molecule has 0 atom stereocenters. The third kappa shape index (κ3) is 3.16. The quantitative estimate of drug-likeness (QED) is 0.505. The van der Waals surface area contributed by atoms with Crippen molar-refractivity contribution < 1.29 is 4.74 Å². The smallest absolute Gasteiger partial charge is 0.187 e. The van der Waals surface area contributed by atoms with Gasteiger partial charge in [0.15, 0.2) is 5.69 Å². The molecule has 0 unspecified atom stereocenters. The Balaban J connectivity index is 2.46. The molecule has 2 heteroatoms. The Bertz CT molecular complexity index is 284. The molecule has 0 amide bonds. The predicted molar refractivity (Wildman–Crippen MR) is 53.1 cm³/mol. The molecule has 0 aliphatic heterocycles. The lowest BCUT2D eigenvalue weighted by Crippen LogP contribution is -1.95. The summed E-state index contributed by atoms with van der Waals surface area (Å²) in [6, 6.07) is 7.22. The van der Waals surface area contributed by atoms with E-state index in [2.05, 4.69) is 11.8 Å². The molecule has 1 rings (SSSR count). The second-order valence-corrected chi connectivity index (χ2v) is 2.81. The minimum atomic E-state index is 0.655. The number of benzene rings is 1. The van der Waals surface area contributed by atoms with Crippen molar-refractivity contribution in [3.63, 3.8) is 0 Å². The van der Waals surface area contributed by atoms with Crippen LogP contribution in [-0.2, 0) is 0 Å². The Kier molecular flexibility index (Phi) is 3.84. The third-order valence-electron chi connectivity index (χ3n) is 1.73. The molecule has 0 bridgehead atoms. The standard InChI is InChI=1S/C11H13NO/c1-3-4-9-13-11-7-5-10(12-2)6-8-11/h5-8H,3-4,9H2,1H3. The minimum absolute atomic E-state index is 0.655. The number of rotatable bonds is 4. The fourth-order valence-corrected chi connectivity index (χ4v) is 0.951. The van der Waals surface area contributed by atoms with E-state index in [0.717, 1.165) is 25.2 Å². The molecule has 0 aliphatic rings. The minimum Gasteiger partial charge on any atom is -0.494 e. The molecule has 1 aromatic rings. The van der Waals surface area contributed by atoms with E-state index in [1.165, 1.54) is 0 Å². The highest BCUT2D eigenvalue weighted by Gasteiger charge is 1.93. The van der Waals surface area contributed by atoms with Gasteiger partial charge in [-0.15, -0.1) is 0 Å². The van der Waals surface area contributed by atoms with E-state index in [1.807, 2.05) is 12.1 Å². The van der Waals surface area contributed by atoms with Crippen LogP contribution in [0, 0.1) is 6.57 Å². The second kappa shape index (κ2) is 5.21. The van der Waals surface area contributed by atoms with Crippen LogP contribution in [0.4, 0.5) is 5.69 Å². The lowest BCUT2D eigenvalue weighted by Gasteiger charge is -2.04. The Morgan fingerprint density at radius 2 is 2.00 bits per heavy atom. The molecule has 68 valence electrons. The molecule has 0 saturated carbocycles. The number of ether oxygens (including phenoxy) is 1. The number of unbranched alkanes of at least 4 members (excludes halogenated alkanes) is 1. The van der Waals surface area contributed by atoms with Crippen LogP contribution in [0.3, 0.4) is 0 Å². The van der Waals surface area contributed by atoms with Gasteiger partial charge < -0.3 is 4.74 Å². The average molecular weight is 175 g/mol. The van der Waals surface area contributed by atoms with Gasteiger partial charge in [0.2, 0.25) is 0 Å². The zero-order valence-electron chi connectivity index (χ0n) is 7.79. The number of hydrogen-bond donors (Lipinski definition) is 0. The Hall–Kier alpha value is -1.49. The van der Waals surface area contributed by atoms with E-state index >= 15 is 0 Å². The first-order valence-electron chi connectivity index (χ1n) is 4.47. The summed E-state index contributed by atoms with van der Waals surface area (Å²) in [6.07, 6.45) is 2.21. The maximum Gasteiger partial charge on any atom is 0.187 e. The third-order valence-corrected chi connectivity index (χ3v) is 1.73. The first-order valence-corrected chi connectivity index (χ1v) is 4.47. The fraction of sp³-hybridized carbons (Fsp3) is 0.364. The van der Waals surface area contributed by atoms with Crippen molar-refractivity contribution in [2.75, 3.05) is 6.61 Å². The SMILES string of the molecule is [C-]#[N+]c1ccc(OCCCC)cc1. The average Bonchev–Trinajstić information content (AvgIpc) is 2.19. The summed E-state index contributed by atoms with van der Waals surface area (Å²) in [4.78, 5) is 3.30. The Morgan fingerprint density at radius 3 is 2.54 bits per heavy atom. The Labute approximate surface area is 79.0 Å². The van der Waals surface area contributed by atoms with Crippen molar-refractivity contribution >= 4 is 5.69 Å². The largest absolute Gasteiger partial charge is 0.494 e. The summed E-state index contributed by atoms with van der Waals surface area (Å²) in [5, 5.41) is 0. The molecule has 0 radical (unpaired) electrons. The second-order valence-electron chi connectivity index (χ2n) is 2.81. The van der Waals surface area contributed by atoms with E-state index in [-0.39, 0.29) is 0 Å². The molecule has 0 aromatic heterocycles. The molecule has 0 fully saturated rings. The lowest BCUT2D eigenvalue weighted by atomic mass is 10.3. The molecular formula is C11H13NO. The first-order chi connectivity index (χ1) is 6.36. The molecule has 13 heavy (non-hydrogen) atoms. The van der Waals surface area contributed by atoms with Gasteiger partial charge in [0.1, 0.15) is 5.75 Å². The van der Waals surface area contributed by atoms with Crippen LogP contribution in [0.5, 0.6) is 5.75 Å². The van der Waals surface area contributed by atoms with Gasteiger partial charge >= 0.3 is 0 Å². The van der Waals surface area contributed by atoms with Gasteiger partial charge in [0.25, 0.3) is 0 Å². The summed E-state index contributed by atoms with van der Waals surface area (Å²) < 4.78 is 5.44. The predicted octanol–water partition coefficient (Wildman–Crippen LogP) is 3.42. The Morgan fingerprint density at radius 1 is 1.31 bits per heavy atom. The van der Waals surface area contributed by atoms with Crippen molar-refractivity contribution in [2.45, 2.75) is 19.8 Å². The van der Waals surface area contributed by atoms with Gasteiger partial charge in [-0.05, 0) is 18.6 Å². The van der Waals surface area contributed by atoms with Crippen LogP contribution in [0.25, 0.3) is 4.85 Å². The van der Waals surface area contributed by atoms with E-state index < -0.39 is 0 Å². The van der Waals surface area contributed by atoms with Gasteiger partial charge in [-0.3, -0.25) is 0 Å². The molecule has 0 spiro atoms. The van der Waals surface area contributed by atoms with Crippen molar-refractivity contribution in [1.82, 2.24) is 0 Å². The molecule has 0 aliphatic carbocycles. The van der Waals surface area contributed by atoms with Crippen LogP contribution in [-0.4, -0.2) is 6.61 Å². The maximum atomic E-state index is 6.77. The highest BCUT2D eigenvalue weighted by Crippen LogP contribution is 2.17. The summed E-state index contributed by atoms with van der Waals surface area (Å²) >= 11 is 0. The highest BCUT2D eigenvalue weighted by molar-refractivity contribution is 5.46. The molecule has 0 saturated heterocycles. The molecule has 0 heterocycles. The van der Waals surface area contributed by atoms with Crippen molar-refractivity contribution in [1.29, 1.82) is 0 Å². The van der Waals surface area contributed by atoms with Gasteiger partial charge in [-0.1, -0.05) is 25.5 Å². The zero-order chi connectivity index (χ0) is 9.52. The molecule has 0 N–H and O–H groups in total. The molecule has 1 aromatic carbocycles. The normalized spacial score (nSPS) is 9.23. The summed E-state index contributed by atoms with van der Waals surface area (Å²) in [5.74, 6) is 0.848. The van der Waals surface area contributed by atoms with Crippen molar-refractivity contribution in [3.8, 4) is 5.75 Å². The van der Waals surface area contributed by atoms with Gasteiger partial charge in [0, 0.05) is 0 Å². The summed E-state index contributed by atoms with van der Waals surface area (Å²) in [7, 11) is 0. The highest BCUT2D eigenvalue weighted by atomic mass is 16.5. The lowest BCUT2D eigenvalue weighted by molar-refractivity contribution is 0.309.